The standard InChI is InChI=1S/C28H25FN4O2/c1-17-8-9-20(29)15-24(17)27(34)30-21-10-11-22(18(2)14-21)28(35)33-13-12-19-16-32(3)31-26(19)23-6-4-5-7-25(23)33/h4-11,14-16H,12-13H2,1-3H3,(H,30,34). The van der Waals surface area contributed by atoms with Crippen LogP contribution in [0.2, 0.25) is 0 Å². The Bertz CT molecular complexity index is 1470. The van der Waals surface area contributed by atoms with Gasteiger partial charge in [-0.25, -0.2) is 4.39 Å². The first-order valence-corrected chi connectivity index (χ1v) is 11.4. The summed E-state index contributed by atoms with van der Waals surface area (Å²) in [4.78, 5) is 28.2. The molecule has 7 heteroatoms. The maximum absolute atomic E-state index is 13.7. The van der Waals surface area contributed by atoms with E-state index < -0.39 is 11.7 Å². The Hall–Kier alpha value is -4.26. The zero-order valence-electron chi connectivity index (χ0n) is 19.8. The minimum absolute atomic E-state index is 0.108. The third-order valence-corrected chi connectivity index (χ3v) is 6.36. The first kappa shape index (κ1) is 22.5. The number of fused-ring (bicyclic) bond motifs is 3. The molecule has 0 saturated carbocycles. The highest BCUT2D eigenvalue weighted by atomic mass is 19.1. The molecule has 176 valence electrons. The molecule has 0 unspecified atom stereocenters. The lowest BCUT2D eigenvalue weighted by atomic mass is 10.0. The van der Waals surface area contributed by atoms with Gasteiger partial charge in [0.15, 0.2) is 0 Å². The Balaban J connectivity index is 1.42. The molecule has 35 heavy (non-hydrogen) atoms. The van der Waals surface area contributed by atoms with Gasteiger partial charge in [0.25, 0.3) is 11.8 Å². The first-order chi connectivity index (χ1) is 16.8. The summed E-state index contributed by atoms with van der Waals surface area (Å²) in [6, 6.07) is 17.1. The number of aromatic nitrogens is 2. The van der Waals surface area contributed by atoms with Crippen molar-refractivity contribution in [3.8, 4) is 11.3 Å². The highest BCUT2D eigenvalue weighted by Crippen LogP contribution is 2.36. The monoisotopic (exact) mass is 468 g/mol. The predicted molar refractivity (Wildman–Crippen MR) is 134 cm³/mol. The van der Waals surface area contributed by atoms with Crippen LogP contribution in [0.15, 0.2) is 66.9 Å². The van der Waals surface area contributed by atoms with Crippen molar-refractivity contribution >= 4 is 23.2 Å². The Kier molecular flexibility index (Phi) is 5.68. The van der Waals surface area contributed by atoms with Crippen molar-refractivity contribution in [2.75, 3.05) is 16.8 Å². The number of benzene rings is 3. The van der Waals surface area contributed by atoms with E-state index in [2.05, 4.69) is 10.4 Å². The van der Waals surface area contributed by atoms with Gasteiger partial charge in [0.1, 0.15) is 5.82 Å². The summed E-state index contributed by atoms with van der Waals surface area (Å²) in [6.45, 7) is 4.13. The van der Waals surface area contributed by atoms with Crippen LogP contribution in [0.25, 0.3) is 11.3 Å². The van der Waals surface area contributed by atoms with E-state index in [1.807, 2.05) is 44.4 Å². The molecule has 0 fully saturated rings. The molecule has 0 bridgehead atoms. The third kappa shape index (κ3) is 4.21. The molecule has 1 aliphatic heterocycles. The van der Waals surface area contributed by atoms with Crippen LogP contribution in [0.1, 0.15) is 37.4 Å². The highest BCUT2D eigenvalue weighted by molar-refractivity contribution is 6.10. The molecule has 2 amide bonds. The number of hydrogen-bond donors (Lipinski definition) is 1. The Morgan fingerprint density at radius 1 is 0.971 bits per heavy atom. The van der Waals surface area contributed by atoms with Crippen LogP contribution in [0.4, 0.5) is 15.8 Å². The number of rotatable bonds is 3. The first-order valence-electron chi connectivity index (χ1n) is 11.4. The second-order valence-corrected chi connectivity index (χ2v) is 8.84. The molecule has 0 atom stereocenters. The lowest BCUT2D eigenvalue weighted by Crippen LogP contribution is -2.33. The average molecular weight is 469 g/mol. The minimum Gasteiger partial charge on any atom is -0.322 e. The molecule has 4 aromatic rings. The lowest BCUT2D eigenvalue weighted by Gasteiger charge is -2.24. The number of aryl methyl sites for hydroxylation is 3. The van der Waals surface area contributed by atoms with Gasteiger partial charge >= 0.3 is 0 Å². The smallest absolute Gasteiger partial charge is 0.258 e. The molecule has 1 aromatic heterocycles. The molecule has 1 N–H and O–H groups in total. The van der Waals surface area contributed by atoms with Crippen molar-refractivity contribution in [3.63, 3.8) is 0 Å². The molecule has 5 rings (SSSR count). The zero-order chi connectivity index (χ0) is 24.7. The normalized spacial score (nSPS) is 12.5. The summed E-state index contributed by atoms with van der Waals surface area (Å²) in [7, 11) is 1.90. The van der Waals surface area contributed by atoms with Gasteiger partial charge in [0.05, 0.1) is 11.4 Å². The third-order valence-electron chi connectivity index (χ3n) is 6.36. The summed E-state index contributed by atoms with van der Waals surface area (Å²) in [5.41, 5.74) is 6.57. The summed E-state index contributed by atoms with van der Waals surface area (Å²) in [5.74, 6) is -0.969. The van der Waals surface area contributed by atoms with Crippen LogP contribution in [0.5, 0.6) is 0 Å². The van der Waals surface area contributed by atoms with Crippen LogP contribution >= 0.6 is 0 Å². The summed E-state index contributed by atoms with van der Waals surface area (Å²) >= 11 is 0. The van der Waals surface area contributed by atoms with Crippen LogP contribution in [-0.4, -0.2) is 28.1 Å². The van der Waals surface area contributed by atoms with Gasteiger partial charge in [-0.3, -0.25) is 14.3 Å². The van der Waals surface area contributed by atoms with E-state index >= 15 is 0 Å². The topological polar surface area (TPSA) is 67.2 Å². The van der Waals surface area contributed by atoms with Crippen LogP contribution in [0, 0.1) is 19.7 Å². The molecule has 0 radical (unpaired) electrons. The second-order valence-electron chi connectivity index (χ2n) is 8.84. The molecule has 0 aliphatic carbocycles. The van der Waals surface area contributed by atoms with E-state index in [4.69, 9.17) is 0 Å². The fraction of sp³-hybridized carbons (Fsp3) is 0.179. The molecule has 3 aromatic carbocycles. The minimum atomic E-state index is -0.465. The number of carbonyl (C=O) groups excluding carboxylic acids is 2. The van der Waals surface area contributed by atoms with E-state index in [0.29, 0.717) is 29.8 Å². The Morgan fingerprint density at radius 3 is 2.57 bits per heavy atom. The van der Waals surface area contributed by atoms with Gasteiger partial charge in [-0.15, -0.1) is 0 Å². The van der Waals surface area contributed by atoms with E-state index in [0.717, 1.165) is 28.1 Å². The average Bonchev–Trinajstić information content (AvgIpc) is 3.14. The van der Waals surface area contributed by atoms with E-state index in [1.165, 1.54) is 12.1 Å². The summed E-state index contributed by atoms with van der Waals surface area (Å²) in [5, 5.41) is 7.44. The van der Waals surface area contributed by atoms with Crippen molar-refractivity contribution < 1.29 is 14.0 Å². The molecule has 2 heterocycles. The number of carbonyl (C=O) groups is 2. The second kappa shape index (κ2) is 8.83. The molecule has 0 saturated heterocycles. The zero-order valence-corrected chi connectivity index (χ0v) is 19.8. The molecule has 6 nitrogen and oxygen atoms in total. The van der Waals surface area contributed by atoms with Crippen LogP contribution in [-0.2, 0) is 13.5 Å². The van der Waals surface area contributed by atoms with Crippen molar-refractivity contribution in [2.24, 2.45) is 7.05 Å². The quantitative estimate of drug-likeness (QED) is 0.444. The van der Waals surface area contributed by atoms with Gasteiger partial charge in [0.2, 0.25) is 0 Å². The molecule has 1 aliphatic rings. The summed E-state index contributed by atoms with van der Waals surface area (Å²) < 4.78 is 15.4. The number of anilines is 2. The van der Waals surface area contributed by atoms with Crippen molar-refractivity contribution in [1.82, 2.24) is 9.78 Å². The van der Waals surface area contributed by atoms with Crippen molar-refractivity contribution in [2.45, 2.75) is 20.3 Å². The SMILES string of the molecule is Cc1ccc(F)cc1C(=O)Nc1ccc(C(=O)N2CCc3cn(C)nc3-c3ccccc32)c(C)c1. The van der Waals surface area contributed by atoms with Crippen LogP contribution in [0.3, 0.4) is 0 Å². The number of hydrogen-bond acceptors (Lipinski definition) is 3. The predicted octanol–water partition coefficient (Wildman–Crippen LogP) is 5.30. The van der Waals surface area contributed by atoms with Gasteiger partial charge in [-0.2, -0.15) is 5.10 Å². The molecular formula is C28H25FN4O2. The van der Waals surface area contributed by atoms with Crippen molar-refractivity contribution in [3.05, 3.63) is 100 Å². The number of nitrogens with zero attached hydrogens (tertiary/aromatic N) is 3. The fourth-order valence-corrected chi connectivity index (χ4v) is 4.58. The summed E-state index contributed by atoms with van der Waals surface area (Å²) in [6.07, 6.45) is 2.70. The largest absolute Gasteiger partial charge is 0.322 e. The van der Waals surface area contributed by atoms with Gasteiger partial charge in [0, 0.05) is 42.2 Å². The van der Waals surface area contributed by atoms with Crippen LogP contribution < -0.4 is 10.2 Å². The Morgan fingerprint density at radius 2 is 1.77 bits per heavy atom. The number of amides is 2. The maximum Gasteiger partial charge on any atom is 0.258 e. The number of nitrogens with one attached hydrogen (secondary N) is 1. The van der Waals surface area contributed by atoms with E-state index in [9.17, 15) is 14.0 Å². The highest BCUT2D eigenvalue weighted by Gasteiger charge is 2.27. The van der Waals surface area contributed by atoms with Crippen molar-refractivity contribution in [1.29, 1.82) is 0 Å². The lowest BCUT2D eigenvalue weighted by molar-refractivity contribution is 0.0985. The van der Waals surface area contributed by atoms with Gasteiger partial charge in [-0.05, 0) is 73.4 Å². The van der Waals surface area contributed by atoms with E-state index in [1.54, 1.807) is 40.8 Å². The molecular weight excluding hydrogens is 443 g/mol. The number of halogens is 1. The maximum atomic E-state index is 13.7. The Labute approximate surface area is 203 Å². The van der Waals surface area contributed by atoms with E-state index in [-0.39, 0.29) is 11.5 Å². The van der Waals surface area contributed by atoms with Gasteiger partial charge in [-0.1, -0.05) is 24.3 Å². The number of para-hydroxylation sites is 1. The fourth-order valence-electron chi connectivity index (χ4n) is 4.58. The molecule has 0 spiro atoms. The van der Waals surface area contributed by atoms with Gasteiger partial charge < -0.3 is 10.2 Å².